The number of halogens is 1. The molecule has 0 atom stereocenters. The molecule has 5 heteroatoms. The van der Waals surface area contributed by atoms with Gasteiger partial charge in [0.15, 0.2) is 0 Å². The van der Waals surface area contributed by atoms with Gasteiger partial charge in [0.05, 0.1) is 5.69 Å². The zero-order valence-corrected chi connectivity index (χ0v) is 17.7. The molecule has 0 radical (unpaired) electrons. The van der Waals surface area contributed by atoms with Crippen LogP contribution in [-0.2, 0) is 0 Å². The van der Waals surface area contributed by atoms with Crippen molar-refractivity contribution in [3.05, 3.63) is 100 Å². The third-order valence-corrected chi connectivity index (χ3v) is 5.85. The van der Waals surface area contributed by atoms with E-state index in [1.807, 2.05) is 41.1 Å². The van der Waals surface area contributed by atoms with Crippen LogP contribution in [0.2, 0.25) is 0 Å². The first-order chi connectivity index (χ1) is 14.2. The van der Waals surface area contributed by atoms with Crippen molar-refractivity contribution in [2.45, 2.75) is 0 Å². The van der Waals surface area contributed by atoms with Crippen LogP contribution in [-0.4, -0.2) is 14.4 Å². The zero-order chi connectivity index (χ0) is 19.8. The summed E-state index contributed by atoms with van der Waals surface area (Å²) in [5, 5.41) is 0. The van der Waals surface area contributed by atoms with Gasteiger partial charge in [-0.2, -0.15) is 0 Å². The molecule has 0 unspecified atom stereocenters. The van der Waals surface area contributed by atoms with Crippen molar-refractivity contribution in [1.82, 2.24) is 14.4 Å². The SMILES string of the molecule is S=c1c(-c2cccc(Br)c2)cnc2[nH]c(-c3ccc(-c4ccccc4)cc3)cn12. The molecular formula is C24H16BrN3S. The second kappa shape index (κ2) is 7.43. The van der Waals surface area contributed by atoms with Crippen LogP contribution in [0.5, 0.6) is 0 Å². The van der Waals surface area contributed by atoms with Crippen molar-refractivity contribution in [2.24, 2.45) is 0 Å². The van der Waals surface area contributed by atoms with E-state index in [1.165, 1.54) is 11.1 Å². The fourth-order valence-corrected chi connectivity index (χ4v) is 4.15. The van der Waals surface area contributed by atoms with Gasteiger partial charge in [-0.3, -0.25) is 4.40 Å². The van der Waals surface area contributed by atoms with Crippen molar-refractivity contribution in [3.8, 4) is 33.5 Å². The molecule has 2 heterocycles. The largest absolute Gasteiger partial charge is 0.323 e. The van der Waals surface area contributed by atoms with Gasteiger partial charge in [0.25, 0.3) is 0 Å². The van der Waals surface area contributed by atoms with Crippen LogP contribution in [0, 0.1) is 4.64 Å². The molecule has 0 spiro atoms. The number of imidazole rings is 1. The maximum absolute atomic E-state index is 5.75. The highest BCUT2D eigenvalue weighted by Crippen LogP contribution is 2.27. The molecular weight excluding hydrogens is 442 g/mol. The molecule has 0 fully saturated rings. The molecule has 3 nitrogen and oxygen atoms in total. The average Bonchev–Trinajstić information content (AvgIpc) is 3.20. The first-order valence-corrected chi connectivity index (χ1v) is 10.4. The Balaban J connectivity index is 1.55. The standard InChI is InChI=1S/C24H16BrN3S/c25-20-8-4-7-19(13-20)21-14-26-24-27-22(15-28(24)23(21)29)18-11-9-17(10-12-18)16-5-2-1-3-6-16/h1-15H,(H,26,27). The van der Waals surface area contributed by atoms with Crippen LogP contribution in [0.25, 0.3) is 39.3 Å². The Morgan fingerprint density at radius 1 is 0.793 bits per heavy atom. The molecule has 0 amide bonds. The lowest BCUT2D eigenvalue weighted by molar-refractivity contribution is 1.09. The minimum atomic E-state index is 0.732. The van der Waals surface area contributed by atoms with Gasteiger partial charge in [-0.05, 0) is 34.4 Å². The summed E-state index contributed by atoms with van der Waals surface area (Å²) in [7, 11) is 0. The number of nitrogens with one attached hydrogen (secondary N) is 1. The zero-order valence-electron chi connectivity index (χ0n) is 15.3. The molecule has 0 saturated heterocycles. The summed E-state index contributed by atoms with van der Waals surface area (Å²) in [6.45, 7) is 0. The monoisotopic (exact) mass is 457 g/mol. The van der Waals surface area contributed by atoms with E-state index in [-0.39, 0.29) is 0 Å². The van der Waals surface area contributed by atoms with Gasteiger partial charge < -0.3 is 4.98 Å². The molecule has 2 aromatic heterocycles. The normalized spacial score (nSPS) is 11.1. The molecule has 0 aliphatic rings. The van der Waals surface area contributed by atoms with Gasteiger partial charge in [0.1, 0.15) is 4.64 Å². The number of nitrogens with zero attached hydrogens (tertiary/aromatic N) is 2. The number of benzene rings is 3. The number of rotatable bonds is 3. The van der Waals surface area contributed by atoms with E-state index in [2.05, 4.69) is 80.5 Å². The summed E-state index contributed by atoms with van der Waals surface area (Å²) in [6.07, 6.45) is 3.85. The lowest BCUT2D eigenvalue weighted by Gasteiger charge is -2.03. The van der Waals surface area contributed by atoms with E-state index in [0.29, 0.717) is 0 Å². The van der Waals surface area contributed by atoms with Gasteiger partial charge in [-0.15, -0.1) is 0 Å². The van der Waals surface area contributed by atoms with Gasteiger partial charge in [0, 0.05) is 22.4 Å². The number of hydrogen-bond donors (Lipinski definition) is 1. The number of fused-ring (bicyclic) bond motifs is 1. The lowest BCUT2D eigenvalue weighted by Crippen LogP contribution is -1.92. The highest BCUT2D eigenvalue weighted by Gasteiger charge is 2.09. The van der Waals surface area contributed by atoms with E-state index < -0.39 is 0 Å². The highest BCUT2D eigenvalue weighted by molar-refractivity contribution is 9.10. The summed E-state index contributed by atoms with van der Waals surface area (Å²) in [6, 6.07) is 27.0. The molecule has 0 bridgehead atoms. The fourth-order valence-electron chi connectivity index (χ4n) is 3.44. The van der Waals surface area contributed by atoms with Crippen molar-refractivity contribution in [1.29, 1.82) is 0 Å². The summed E-state index contributed by atoms with van der Waals surface area (Å²) >= 11 is 9.28. The molecule has 140 valence electrons. The van der Waals surface area contributed by atoms with Gasteiger partial charge in [-0.25, -0.2) is 4.98 Å². The Hall–Kier alpha value is -3.02. The molecule has 1 N–H and O–H groups in total. The van der Waals surface area contributed by atoms with Crippen molar-refractivity contribution < 1.29 is 0 Å². The summed E-state index contributed by atoms with van der Waals surface area (Å²) < 4.78 is 3.69. The Labute approximate surface area is 181 Å². The summed E-state index contributed by atoms with van der Waals surface area (Å²) in [5.41, 5.74) is 6.45. The second-order valence-electron chi connectivity index (χ2n) is 6.79. The Morgan fingerprint density at radius 3 is 2.24 bits per heavy atom. The third kappa shape index (κ3) is 3.43. The fraction of sp³-hybridized carbons (Fsp3) is 0. The van der Waals surface area contributed by atoms with E-state index in [1.54, 1.807) is 0 Å². The summed E-state index contributed by atoms with van der Waals surface area (Å²) in [4.78, 5) is 7.96. The van der Waals surface area contributed by atoms with Crippen molar-refractivity contribution >= 4 is 33.9 Å². The average molecular weight is 458 g/mol. The van der Waals surface area contributed by atoms with E-state index >= 15 is 0 Å². The Kier molecular flexibility index (Phi) is 4.62. The van der Waals surface area contributed by atoms with Gasteiger partial charge >= 0.3 is 0 Å². The van der Waals surface area contributed by atoms with Crippen LogP contribution in [0.4, 0.5) is 0 Å². The predicted octanol–water partition coefficient (Wildman–Crippen LogP) is 7.16. The highest BCUT2D eigenvalue weighted by atomic mass is 79.9. The van der Waals surface area contributed by atoms with Crippen molar-refractivity contribution in [3.63, 3.8) is 0 Å². The maximum atomic E-state index is 5.75. The topological polar surface area (TPSA) is 33.1 Å². The molecule has 29 heavy (non-hydrogen) atoms. The minimum Gasteiger partial charge on any atom is -0.323 e. The Morgan fingerprint density at radius 2 is 1.48 bits per heavy atom. The molecule has 0 aliphatic carbocycles. The molecule has 0 saturated carbocycles. The van der Waals surface area contributed by atoms with Crippen LogP contribution in [0.1, 0.15) is 0 Å². The third-order valence-electron chi connectivity index (χ3n) is 4.94. The van der Waals surface area contributed by atoms with Gasteiger partial charge in [0.2, 0.25) is 5.78 Å². The lowest BCUT2D eigenvalue weighted by atomic mass is 10.0. The molecule has 5 rings (SSSR count). The minimum absolute atomic E-state index is 0.732. The Bertz CT molecular complexity index is 1370. The second-order valence-corrected chi connectivity index (χ2v) is 8.09. The van der Waals surface area contributed by atoms with Crippen LogP contribution in [0.15, 0.2) is 95.7 Å². The van der Waals surface area contributed by atoms with E-state index in [4.69, 9.17) is 12.2 Å². The molecule has 3 aromatic carbocycles. The number of aromatic amines is 1. The van der Waals surface area contributed by atoms with Crippen LogP contribution >= 0.6 is 28.1 Å². The van der Waals surface area contributed by atoms with E-state index in [9.17, 15) is 0 Å². The van der Waals surface area contributed by atoms with Crippen LogP contribution in [0.3, 0.4) is 0 Å². The number of aromatic nitrogens is 3. The summed E-state index contributed by atoms with van der Waals surface area (Å²) in [5.74, 6) is 0.732. The number of hydrogen-bond acceptors (Lipinski definition) is 2. The van der Waals surface area contributed by atoms with Crippen molar-refractivity contribution in [2.75, 3.05) is 0 Å². The predicted molar refractivity (Wildman–Crippen MR) is 124 cm³/mol. The molecule has 0 aliphatic heterocycles. The molecule has 5 aromatic rings. The van der Waals surface area contributed by atoms with Gasteiger partial charge in [-0.1, -0.05) is 94.9 Å². The van der Waals surface area contributed by atoms with Crippen LogP contribution < -0.4 is 0 Å². The quantitative estimate of drug-likeness (QED) is 0.291. The number of H-pyrrole nitrogens is 1. The smallest absolute Gasteiger partial charge is 0.212 e. The first kappa shape index (κ1) is 18.0. The maximum Gasteiger partial charge on any atom is 0.212 e. The first-order valence-electron chi connectivity index (χ1n) is 9.21. The van der Waals surface area contributed by atoms with E-state index in [0.717, 1.165) is 37.3 Å².